The van der Waals surface area contributed by atoms with Crippen molar-refractivity contribution in [1.82, 2.24) is 0 Å². The van der Waals surface area contributed by atoms with Gasteiger partial charge in [-0.2, -0.15) is 4.99 Å². The summed E-state index contributed by atoms with van der Waals surface area (Å²) in [6, 6.07) is 5.86. The van der Waals surface area contributed by atoms with Crippen molar-refractivity contribution in [3.8, 4) is 0 Å². The molecule has 0 bridgehead atoms. The molecule has 0 aliphatic carbocycles. The molecule has 0 atom stereocenters. The Kier molecular flexibility index (Phi) is 4.13. The summed E-state index contributed by atoms with van der Waals surface area (Å²) < 4.78 is 0. The SMILES string of the molecule is Cc1ccc(C(C)C)c(N2C(=O)CS/C2=N\C(=O)O)c1. The maximum atomic E-state index is 12.1. The lowest BCUT2D eigenvalue weighted by atomic mass is 9.99. The predicted molar refractivity (Wildman–Crippen MR) is 80.7 cm³/mol. The van der Waals surface area contributed by atoms with Crippen LogP contribution in [0.1, 0.15) is 30.9 Å². The summed E-state index contributed by atoms with van der Waals surface area (Å²) in [6.45, 7) is 6.01. The number of carboxylic acid groups (broad SMARTS) is 1. The summed E-state index contributed by atoms with van der Waals surface area (Å²) >= 11 is 1.15. The van der Waals surface area contributed by atoms with Crippen molar-refractivity contribution in [2.24, 2.45) is 4.99 Å². The molecule has 2 rings (SSSR count). The molecule has 1 fully saturated rings. The highest BCUT2D eigenvalue weighted by Crippen LogP contribution is 2.34. The molecule has 1 saturated heterocycles. The van der Waals surface area contributed by atoms with Gasteiger partial charge < -0.3 is 5.11 Å². The fourth-order valence-corrected chi connectivity index (χ4v) is 2.95. The highest BCUT2D eigenvalue weighted by molar-refractivity contribution is 8.15. The summed E-state index contributed by atoms with van der Waals surface area (Å²) in [7, 11) is 0. The molecule has 5 nitrogen and oxygen atoms in total. The van der Waals surface area contributed by atoms with Crippen LogP contribution in [0.2, 0.25) is 0 Å². The average Bonchev–Trinajstić information content (AvgIpc) is 2.69. The molecular formula is C14H16N2O3S. The lowest BCUT2D eigenvalue weighted by Crippen LogP contribution is -2.31. The van der Waals surface area contributed by atoms with Gasteiger partial charge in [-0.05, 0) is 30.0 Å². The number of rotatable bonds is 2. The summed E-state index contributed by atoms with van der Waals surface area (Å²) in [5, 5.41) is 9.05. The lowest BCUT2D eigenvalue weighted by Gasteiger charge is -2.22. The van der Waals surface area contributed by atoms with Gasteiger partial charge in [0.25, 0.3) is 0 Å². The fraction of sp³-hybridized carbons (Fsp3) is 0.357. The van der Waals surface area contributed by atoms with Gasteiger partial charge in [0.2, 0.25) is 5.91 Å². The summed E-state index contributed by atoms with van der Waals surface area (Å²) in [5.74, 6) is 0.315. The van der Waals surface area contributed by atoms with Gasteiger partial charge in [-0.15, -0.1) is 0 Å². The average molecular weight is 292 g/mol. The Bertz CT molecular complexity index is 596. The third kappa shape index (κ3) is 2.85. The summed E-state index contributed by atoms with van der Waals surface area (Å²) in [6.07, 6.45) is -1.29. The molecule has 1 aromatic rings. The Morgan fingerprint density at radius 2 is 2.15 bits per heavy atom. The van der Waals surface area contributed by atoms with E-state index in [9.17, 15) is 9.59 Å². The molecule has 0 aromatic heterocycles. The molecule has 106 valence electrons. The van der Waals surface area contributed by atoms with E-state index in [0.717, 1.165) is 28.6 Å². The van der Waals surface area contributed by atoms with Crippen LogP contribution in [0.15, 0.2) is 23.2 Å². The van der Waals surface area contributed by atoms with Crippen LogP contribution < -0.4 is 4.90 Å². The monoisotopic (exact) mass is 292 g/mol. The number of hydrogen-bond acceptors (Lipinski definition) is 3. The molecule has 1 heterocycles. The van der Waals surface area contributed by atoms with E-state index < -0.39 is 6.09 Å². The van der Waals surface area contributed by atoms with Crippen molar-refractivity contribution < 1.29 is 14.7 Å². The van der Waals surface area contributed by atoms with Crippen molar-refractivity contribution in [2.75, 3.05) is 10.7 Å². The molecule has 1 N–H and O–H groups in total. The van der Waals surface area contributed by atoms with E-state index in [4.69, 9.17) is 5.11 Å². The number of aliphatic imine (C=N–C) groups is 1. The van der Waals surface area contributed by atoms with Crippen LogP contribution in [0.3, 0.4) is 0 Å². The van der Waals surface area contributed by atoms with Crippen molar-refractivity contribution in [3.63, 3.8) is 0 Å². The maximum absolute atomic E-state index is 12.1. The van der Waals surface area contributed by atoms with E-state index >= 15 is 0 Å². The van der Waals surface area contributed by atoms with Gasteiger partial charge in [0.15, 0.2) is 5.17 Å². The third-order valence-electron chi connectivity index (χ3n) is 3.01. The van der Waals surface area contributed by atoms with E-state index in [1.54, 1.807) is 0 Å². The first-order chi connectivity index (χ1) is 9.40. The van der Waals surface area contributed by atoms with Gasteiger partial charge in [0.05, 0.1) is 11.4 Å². The topological polar surface area (TPSA) is 70.0 Å². The zero-order valence-corrected chi connectivity index (χ0v) is 12.4. The summed E-state index contributed by atoms with van der Waals surface area (Å²) in [4.78, 5) is 27.8. The van der Waals surface area contributed by atoms with E-state index in [-0.39, 0.29) is 22.7 Å². The Hall–Kier alpha value is -1.82. The highest BCUT2D eigenvalue weighted by atomic mass is 32.2. The molecule has 0 spiro atoms. The fourth-order valence-electron chi connectivity index (χ4n) is 2.10. The highest BCUT2D eigenvalue weighted by Gasteiger charge is 2.32. The largest absolute Gasteiger partial charge is 0.463 e. The number of carbonyl (C=O) groups excluding carboxylic acids is 1. The van der Waals surface area contributed by atoms with Crippen LogP contribution in [0.5, 0.6) is 0 Å². The molecule has 0 radical (unpaired) electrons. The van der Waals surface area contributed by atoms with Gasteiger partial charge >= 0.3 is 6.09 Å². The second kappa shape index (κ2) is 5.66. The number of hydrogen-bond donors (Lipinski definition) is 1. The minimum Gasteiger partial charge on any atom is -0.463 e. The first-order valence-electron chi connectivity index (χ1n) is 6.28. The minimum absolute atomic E-state index is 0.137. The number of amidine groups is 1. The quantitative estimate of drug-likeness (QED) is 0.908. The maximum Gasteiger partial charge on any atom is 0.433 e. The second-order valence-electron chi connectivity index (χ2n) is 4.91. The number of nitrogens with zero attached hydrogens (tertiary/aromatic N) is 2. The first kappa shape index (κ1) is 14.6. The Morgan fingerprint density at radius 1 is 1.45 bits per heavy atom. The van der Waals surface area contributed by atoms with Crippen molar-refractivity contribution in [1.29, 1.82) is 0 Å². The van der Waals surface area contributed by atoms with Crippen LogP contribution in [0.4, 0.5) is 10.5 Å². The van der Waals surface area contributed by atoms with Crippen molar-refractivity contribution in [2.45, 2.75) is 26.7 Å². The normalized spacial score (nSPS) is 17.3. The summed E-state index contributed by atoms with van der Waals surface area (Å²) in [5.41, 5.74) is 2.75. The van der Waals surface area contributed by atoms with E-state index in [0.29, 0.717) is 0 Å². The molecule has 1 aliphatic heterocycles. The van der Waals surface area contributed by atoms with Crippen LogP contribution in [0, 0.1) is 6.92 Å². The minimum atomic E-state index is -1.29. The molecular weight excluding hydrogens is 276 g/mol. The number of aryl methyl sites for hydroxylation is 1. The predicted octanol–water partition coefficient (Wildman–Crippen LogP) is 3.23. The van der Waals surface area contributed by atoms with Crippen LogP contribution >= 0.6 is 11.8 Å². The Morgan fingerprint density at radius 3 is 2.75 bits per heavy atom. The van der Waals surface area contributed by atoms with E-state index in [1.165, 1.54) is 4.90 Å². The number of carbonyl (C=O) groups is 2. The van der Waals surface area contributed by atoms with Crippen LogP contribution in [-0.4, -0.2) is 28.0 Å². The van der Waals surface area contributed by atoms with Gasteiger partial charge in [-0.3, -0.25) is 9.69 Å². The third-order valence-corrected chi connectivity index (χ3v) is 3.93. The molecule has 20 heavy (non-hydrogen) atoms. The number of anilines is 1. The van der Waals surface area contributed by atoms with Crippen LogP contribution in [0.25, 0.3) is 0 Å². The van der Waals surface area contributed by atoms with E-state index in [2.05, 4.69) is 4.99 Å². The van der Waals surface area contributed by atoms with Crippen LogP contribution in [-0.2, 0) is 4.79 Å². The lowest BCUT2D eigenvalue weighted by molar-refractivity contribution is -0.115. The zero-order valence-electron chi connectivity index (χ0n) is 11.6. The van der Waals surface area contributed by atoms with Gasteiger partial charge in [0, 0.05) is 0 Å². The standard InChI is InChI=1S/C14H16N2O3S/c1-8(2)10-5-4-9(3)6-11(10)16-12(17)7-20-13(16)15-14(18)19/h4-6,8H,7H2,1-3H3,(H,18,19)/b15-13-. The zero-order chi connectivity index (χ0) is 14.9. The molecule has 0 unspecified atom stereocenters. The molecule has 0 saturated carbocycles. The Labute approximate surface area is 121 Å². The van der Waals surface area contributed by atoms with Crippen molar-refractivity contribution in [3.05, 3.63) is 29.3 Å². The number of benzene rings is 1. The van der Waals surface area contributed by atoms with Gasteiger partial charge in [-0.25, -0.2) is 4.79 Å². The van der Waals surface area contributed by atoms with E-state index in [1.807, 2.05) is 39.0 Å². The van der Waals surface area contributed by atoms with Gasteiger partial charge in [0.1, 0.15) is 0 Å². The molecule has 1 aliphatic rings. The molecule has 2 amide bonds. The Balaban J connectivity index is 2.55. The van der Waals surface area contributed by atoms with Crippen molar-refractivity contribution >= 4 is 34.6 Å². The smallest absolute Gasteiger partial charge is 0.433 e. The van der Waals surface area contributed by atoms with Gasteiger partial charge in [-0.1, -0.05) is 37.7 Å². The molecule has 1 aromatic carbocycles. The number of thioether (sulfide) groups is 1. The number of amides is 2. The molecule has 6 heteroatoms. The first-order valence-corrected chi connectivity index (χ1v) is 7.26. The second-order valence-corrected chi connectivity index (χ2v) is 5.85.